The lowest BCUT2D eigenvalue weighted by molar-refractivity contribution is 1.41. The van der Waals surface area contributed by atoms with Gasteiger partial charge in [-0.25, -0.2) is 4.98 Å². The minimum atomic E-state index is 0. The minimum Gasteiger partial charge on any atom is -0.396 e. The monoisotopic (exact) mass is 203 g/mol. The highest BCUT2D eigenvalue weighted by Gasteiger charge is 2.00. The molecule has 2 rings (SSSR count). The Morgan fingerprint density at radius 1 is 1.42 bits per heavy atom. The molecule has 0 amide bonds. The summed E-state index contributed by atoms with van der Waals surface area (Å²) in [5, 5.41) is 0.462. The van der Waals surface area contributed by atoms with E-state index in [1.165, 1.54) is 0 Å². The molecule has 0 aromatic carbocycles. The van der Waals surface area contributed by atoms with E-state index in [1.807, 2.05) is 6.07 Å². The van der Waals surface area contributed by atoms with Gasteiger partial charge in [0.05, 0.1) is 11.2 Å². The van der Waals surface area contributed by atoms with Crippen LogP contribution in [0.4, 0.5) is 5.69 Å². The van der Waals surface area contributed by atoms with Gasteiger partial charge in [0.25, 0.3) is 0 Å². The highest BCUT2D eigenvalue weighted by atomic mass is 35.5. The standard InChI is InChI=1S/C7H6ClN3.ClH/c8-6-2-1-5-7(11-6)4(9)3-10-5;/h1-3,10H,9H2;1H. The first-order chi connectivity index (χ1) is 5.27. The number of pyridine rings is 1. The number of nitrogens with one attached hydrogen (secondary N) is 1. The SMILES string of the molecule is Cl.Nc1c[nH]c2ccc(Cl)nc12. The van der Waals surface area contributed by atoms with Gasteiger partial charge in [-0.2, -0.15) is 0 Å². The van der Waals surface area contributed by atoms with Crippen molar-refractivity contribution in [3.8, 4) is 0 Å². The molecule has 5 heteroatoms. The Kier molecular flexibility index (Phi) is 2.45. The lowest BCUT2D eigenvalue weighted by atomic mass is 10.4. The van der Waals surface area contributed by atoms with Crippen LogP contribution in [0, 0.1) is 0 Å². The number of halogens is 2. The lowest BCUT2D eigenvalue weighted by Gasteiger charge is -1.90. The molecular weight excluding hydrogens is 197 g/mol. The predicted molar refractivity (Wildman–Crippen MR) is 52.8 cm³/mol. The van der Waals surface area contributed by atoms with Gasteiger partial charge in [-0.05, 0) is 12.1 Å². The molecule has 0 saturated heterocycles. The number of anilines is 1. The molecular formula is C7H7Cl2N3. The summed E-state index contributed by atoms with van der Waals surface area (Å²) in [6.45, 7) is 0. The maximum absolute atomic E-state index is 5.67. The van der Waals surface area contributed by atoms with Crippen LogP contribution in [0.1, 0.15) is 0 Å². The Balaban J connectivity index is 0.000000720. The number of nitrogens with two attached hydrogens (primary N) is 1. The van der Waals surface area contributed by atoms with Gasteiger partial charge in [0, 0.05) is 6.20 Å². The summed E-state index contributed by atoms with van der Waals surface area (Å²) in [6, 6.07) is 3.57. The van der Waals surface area contributed by atoms with Crippen LogP contribution in [0.25, 0.3) is 11.0 Å². The van der Waals surface area contributed by atoms with E-state index < -0.39 is 0 Å². The summed E-state index contributed by atoms with van der Waals surface area (Å²) in [6.07, 6.45) is 1.70. The van der Waals surface area contributed by atoms with Gasteiger partial charge in [-0.1, -0.05) is 11.6 Å². The van der Waals surface area contributed by atoms with Crippen LogP contribution in [0.15, 0.2) is 18.3 Å². The van der Waals surface area contributed by atoms with E-state index in [0.717, 1.165) is 11.0 Å². The van der Waals surface area contributed by atoms with Crippen LogP contribution in [-0.4, -0.2) is 9.97 Å². The minimum absolute atomic E-state index is 0. The van der Waals surface area contributed by atoms with Gasteiger partial charge >= 0.3 is 0 Å². The number of hydrogen-bond acceptors (Lipinski definition) is 2. The molecule has 0 aliphatic rings. The van der Waals surface area contributed by atoms with Crippen molar-refractivity contribution in [1.29, 1.82) is 0 Å². The summed E-state index contributed by atoms with van der Waals surface area (Å²) in [7, 11) is 0. The maximum atomic E-state index is 5.67. The number of rotatable bonds is 0. The first-order valence-corrected chi connectivity index (χ1v) is 3.54. The van der Waals surface area contributed by atoms with Gasteiger partial charge in [-0.3, -0.25) is 0 Å². The van der Waals surface area contributed by atoms with Crippen LogP contribution >= 0.6 is 24.0 Å². The fourth-order valence-electron chi connectivity index (χ4n) is 0.996. The Hall–Kier alpha value is -0.930. The second-order valence-corrected chi connectivity index (χ2v) is 2.66. The third kappa shape index (κ3) is 1.33. The molecule has 12 heavy (non-hydrogen) atoms. The number of nitrogen functional groups attached to an aromatic ring is 1. The van der Waals surface area contributed by atoms with Crippen LogP contribution in [0.5, 0.6) is 0 Å². The normalized spacial score (nSPS) is 9.75. The van der Waals surface area contributed by atoms with Crippen LogP contribution < -0.4 is 5.73 Å². The Labute approximate surface area is 80.3 Å². The van der Waals surface area contributed by atoms with E-state index in [1.54, 1.807) is 12.3 Å². The fourth-order valence-corrected chi connectivity index (χ4v) is 1.14. The van der Waals surface area contributed by atoms with Crippen LogP contribution in [0.3, 0.4) is 0 Å². The zero-order chi connectivity index (χ0) is 7.84. The summed E-state index contributed by atoms with van der Waals surface area (Å²) >= 11 is 5.67. The summed E-state index contributed by atoms with van der Waals surface area (Å²) in [5.74, 6) is 0. The number of hydrogen-bond donors (Lipinski definition) is 2. The summed E-state index contributed by atoms with van der Waals surface area (Å²) in [5.41, 5.74) is 7.86. The molecule has 2 aromatic rings. The first kappa shape index (κ1) is 9.16. The summed E-state index contributed by atoms with van der Waals surface area (Å²) < 4.78 is 0. The topological polar surface area (TPSA) is 54.7 Å². The van der Waals surface area contributed by atoms with Gasteiger partial charge in [0.2, 0.25) is 0 Å². The van der Waals surface area contributed by atoms with Crippen molar-refractivity contribution in [2.45, 2.75) is 0 Å². The number of fused-ring (bicyclic) bond motifs is 1. The van der Waals surface area contributed by atoms with Gasteiger partial charge < -0.3 is 10.7 Å². The Morgan fingerprint density at radius 3 is 2.92 bits per heavy atom. The summed E-state index contributed by atoms with van der Waals surface area (Å²) in [4.78, 5) is 7.01. The zero-order valence-corrected chi connectivity index (χ0v) is 7.62. The average Bonchev–Trinajstić information content (AvgIpc) is 2.33. The van der Waals surface area contributed by atoms with Gasteiger partial charge in [0.15, 0.2) is 0 Å². The van der Waals surface area contributed by atoms with Crippen LogP contribution in [0.2, 0.25) is 5.15 Å². The predicted octanol–water partition coefficient (Wildman–Crippen LogP) is 2.22. The first-order valence-electron chi connectivity index (χ1n) is 3.16. The molecule has 3 N–H and O–H groups in total. The van der Waals surface area contributed by atoms with E-state index >= 15 is 0 Å². The second kappa shape index (κ2) is 3.21. The number of nitrogens with zero attached hydrogens (tertiary/aromatic N) is 1. The Bertz CT molecular complexity index is 396. The largest absolute Gasteiger partial charge is 0.396 e. The molecule has 0 aliphatic heterocycles. The lowest BCUT2D eigenvalue weighted by Crippen LogP contribution is -1.83. The number of H-pyrrole nitrogens is 1. The molecule has 0 fully saturated rings. The third-order valence-electron chi connectivity index (χ3n) is 1.52. The zero-order valence-electron chi connectivity index (χ0n) is 6.04. The van der Waals surface area contributed by atoms with Crippen molar-refractivity contribution in [3.63, 3.8) is 0 Å². The highest BCUT2D eigenvalue weighted by molar-refractivity contribution is 6.29. The van der Waals surface area contributed by atoms with E-state index in [0.29, 0.717) is 10.8 Å². The number of aromatic nitrogens is 2. The molecule has 3 nitrogen and oxygen atoms in total. The highest BCUT2D eigenvalue weighted by Crippen LogP contribution is 2.19. The van der Waals surface area contributed by atoms with E-state index in [-0.39, 0.29) is 12.4 Å². The van der Waals surface area contributed by atoms with Crippen molar-refractivity contribution in [3.05, 3.63) is 23.5 Å². The van der Waals surface area contributed by atoms with Crippen molar-refractivity contribution in [2.24, 2.45) is 0 Å². The molecule has 0 bridgehead atoms. The smallest absolute Gasteiger partial charge is 0.130 e. The Morgan fingerprint density at radius 2 is 2.17 bits per heavy atom. The van der Waals surface area contributed by atoms with Gasteiger partial charge in [0.1, 0.15) is 10.7 Å². The number of aromatic amines is 1. The average molecular weight is 204 g/mol. The maximum Gasteiger partial charge on any atom is 0.130 e. The van der Waals surface area contributed by atoms with Crippen molar-refractivity contribution in [1.82, 2.24) is 9.97 Å². The molecule has 0 saturated carbocycles. The fraction of sp³-hybridized carbons (Fsp3) is 0. The van der Waals surface area contributed by atoms with Crippen molar-refractivity contribution >= 4 is 40.7 Å². The van der Waals surface area contributed by atoms with Crippen molar-refractivity contribution < 1.29 is 0 Å². The quantitative estimate of drug-likeness (QED) is 0.646. The molecule has 2 aromatic heterocycles. The van der Waals surface area contributed by atoms with Gasteiger partial charge in [-0.15, -0.1) is 12.4 Å². The van der Waals surface area contributed by atoms with E-state index in [4.69, 9.17) is 17.3 Å². The molecule has 2 heterocycles. The molecule has 0 aliphatic carbocycles. The molecule has 0 atom stereocenters. The molecule has 0 unspecified atom stereocenters. The third-order valence-corrected chi connectivity index (χ3v) is 1.73. The van der Waals surface area contributed by atoms with Crippen molar-refractivity contribution in [2.75, 3.05) is 5.73 Å². The molecule has 64 valence electrons. The second-order valence-electron chi connectivity index (χ2n) is 2.27. The van der Waals surface area contributed by atoms with Crippen LogP contribution in [-0.2, 0) is 0 Å². The van der Waals surface area contributed by atoms with E-state index in [2.05, 4.69) is 9.97 Å². The molecule has 0 spiro atoms. The molecule has 0 radical (unpaired) electrons. The van der Waals surface area contributed by atoms with E-state index in [9.17, 15) is 0 Å².